The summed E-state index contributed by atoms with van der Waals surface area (Å²) >= 11 is 0. The molecule has 1 heterocycles. The number of benzene rings is 1. The van der Waals surface area contributed by atoms with Crippen molar-refractivity contribution in [3.05, 3.63) is 23.8 Å². The van der Waals surface area contributed by atoms with Crippen molar-refractivity contribution in [1.82, 2.24) is 20.6 Å². The van der Waals surface area contributed by atoms with Crippen molar-refractivity contribution in [3.63, 3.8) is 0 Å². The number of H-pyrrole nitrogens is 1. The fraction of sp³-hybridized carbons (Fsp3) is 0.200. The van der Waals surface area contributed by atoms with Crippen LogP contribution in [0.5, 0.6) is 11.5 Å². The summed E-state index contributed by atoms with van der Waals surface area (Å²) in [5.41, 5.74) is 0.316. The van der Waals surface area contributed by atoms with Crippen molar-refractivity contribution < 1.29 is 14.6 Å². The standard InChI is InChI=1S/C10H11N5O3/c1-17-7-3-6(4-8(5-7)18-2)9(16)11-10-12-14-15-13-10/h3-5H,1-2H3,(H2,11,12,13,14,15,16)/p-1. The average molecular weight is 248 g/mol. The van der Waals surface area contributed by atoms with Gasteiger partial charge < -0.3 is 14.6 Å². The molecule has 8 nitrogen and oxygen atoms in total. The van der Waals surface area contributed by atoms with Gasteiger partial charge in [-0.3, -0.25) is 0 Å². The minimum absolute atomic E-state index is 0.0261. The van der Waals surface area contributed by atoms with E-state index in [1.807, 2.05) is 0 Å². The highest BCUT2D eigenvalue weighted by Crippen LogP contribution is 2.22. The molecule has 0 amide bonds. The molecule has 0 radical (unpaired) electrons. The molecule has 0 saturated carbocycles. The highest BCUT2D eigenvalue weighted by molar-refractivity contribution is 5.92. The molecule has 1 aromatic heterocycles. The third kappa shape index (κ3) is 2.54. The number of hydrogen-bond acceptors (Lipinski definition) is 7. The highest BCUT2D eigenvalue weighted by Gasteiger charge is 2.03. The molecule has 8 heteroatoms. The first-order valence-electron chi connectivity index (χ1n) is 4.95. The van der Waals surface area contributed by atoms with Gasteiger partial charge in [0.2, 0.25) is 0 Å². The normalized spacial score (nSPS) is 11.3. The molecule has 1 N–H and O–H groups in total. The fourth-order valence-corrected chi connectivity index (χ4v) is 1.29. The van der Waals surface area contributed by atoms with Crippen molar-refractivity contribution in [2.75, 3.05) is 14.2 Å². The molecule has 0 atom stereocenters. The van der Waals surface area contributed by atoms with Crippen LogP contribution in [0, 0.1) is 0 Å². The summed E-state index contributed by atoms with van der Waals surface area (Å²) in [7, 11) is 3.00. The molecule has 94 valence electrons. The van der Waals surface area contributed by atoms with Crippen LogP contribution in [0.1, 0.15) is 5.56 Å². The number of aliphatic imine (C=N–C) groups is 1. The maximum absolute atomic E-state index is 11.8. The highest BCUT2D eigenvalue weighted by atomic mass is 16.5. The Kier molecular flexibility index (Phi) is 3.37. The second-order valence-electron chi connectivity index (χ2n) is 3.23. The summed E-state index contributed by atoms with van der Waals surface area (Å²) in [5, 5.41) is 24.5. The van der Waals surface area contributed by atoms with E-state index in [-0.39, 0.29) is 5.95 Å². The first-order valence-corrected chi connectivity index (χ1v) is 4.95. The van der Waals surface area contributed by atoms with Crippen molar-refractivity contribution in [3.8, 4) is 11.5 Å². The monoisotopic (exact) mass is 248 g/mol. The summed E-state index contributed by atoms with van der Waals surface area (Å²) in [6.45, 7) is 0. The number of hydrogen-bond donors (Lipinski definition) is 1. The van der Waals surface area contributed by atoms with E-state index in [0.29, 0.717) is 17.1 Å². The smallest absolute Gasteiger partial charge is 0.288 e. The van der Waals surface area contributed by atoms with E-state index in [1.165, 1.54) is 14.2 Å². The van der Waals surface area contributed by atoms with Gasteiger partial charge in [0.1, 0.15) is 11.5 Å². The maximum atomic E-state index is 11.8. The molecule has 2 aromatic rings. The summed E-state index contributed by atoms with van der Waals surface area (Å²) < 4.78 is 10.1. The van der Waals surface area contributed by atoms with Crippen LogP contribution < -0.4 is 14.6 Å². The Balaban J connectivity index is 2.37. The van der Waals surface area contributed by atoms with E-state index in [1.54, 1.807) is 18.2 Å². The van der Waals surface area contributed by atoms with E-state index in [4.69, 9.17) is 9.47 Å². The molecule has 0 fully saturated rings. The van der Waals surface area contributed by atoms with Gasteiger partial charge in [-0.25, -0.2) is 4.99 Å². The Morgan fingerprint density at radius 1 is 1.22 bits per heavy atom. The fourth-order valence-electron chi connectivity index (χ4n) is 1.29. The van der Waals surface area contributed by atoms with Gasteiger partial charge in [-0.15, -0.1) is 5.10 Å². The molecule has 0 aliphatic carbocycles. The molecule has 0 saturated heterocycles. The number of nitrogens with zero attached hydrogens (tertiary/aromatic N) is 4. The van der Waals surface area contributed by atoms with Crippen LogP contribution in [-0.2, 0) is 0 Å². The number of aromatic amines is 1. The van der Waals surface area contributed by atoms with Crippen LogP contribution in [0.4, 0.5) is 5.95 Å². The number of ether oxygens (including phenoxy) is 2. The third-order valence-corrected chi connectivity index (χ3v) is 2.13. The first kappa shape index (κ1) is 11.8. The lowest BCUT2D eigenvalue weighted by Crippen LogP contribution is -2.18. The Morgan fingerprint density at radius 2 is 1.89 bits per heavy atom. The minimum atomic E-state index is -0.506. The molecule has 0 bridgehead atoms. The van der Waals surface area contributed by atoms with E-state index >= 15 is 0 Å². The van der Waals surface area contributed by atoms with Gasteiger partial charge in [0.25, 0.3) is 5.95 Å². The summed E-state index contributed by atoms with van der Waals surface area (Å²) in [6.07, 6.45) is 0. The third-order valence-electron chi connectivity index (χ3n) is 2.13. The van der Waals surface area contributed by atoms with E-state index in [9.17, 15) is 5.11 Å². The van der Waals surface area contributed by atoms with E-state index < -0.39 is 5.90 Å². The van der Waals surface area contributed by atoms with Crippen molar-refractivity contribution in [1.29, 1.82) is 0 Å². The minimum Gasteiger partial charge on any atom is -0.858 e. The number of rotatable bonds is 4. The molecule has 18 heavy (non-hydrogen) atoms. The average Bonchev–Trinajstić information content (AvgIpc) is 2.90. The second kappa shape index (κ2) is 5.13. The largest absolute Gasteiger partial charge is 0.858 e. The van der Waals surface area contributed by atoms with Gasteiger partial charge in [-0.1, -0.05) is 5.10 Å². The van der Waals surface area contributed by atoms with Crippen LogP contribution >= 0.6 is 0 Å². The predicted molar refractivity (Wildman–Crippen MR) is 59.9 cm³/mol. The molecule has 0 spiro atoms. The van der Waals surface area contributed by atoms with Gasteiger partial charge in [0.15, 0.2) is 0 Å². The van der Waals surface area contributed by atoms with Crippen LogP contribution in [0.2, 0.25) is 0 Å². The zero-order valence-electron chi connectivity index (χ0n) is 9.75. The maximum Gasteiger partial charge on any atom is 0.288 e. The number of methoxy groups -OCH3 is 2. The first-order chi connectivity index (χ1) is 8.72. The zero-order valence-corrected chi connectivity index (χ0v) is 9.75. The quantitative estimate of drug-likeness (QED) is 0.585. The van der Waals surface area contributed by atoms with Gasteiger partial charge >= 0.3 is 0 Å². The number of tetrazole rings is 1. The molecule has 0 unspecified atom stereocenters. The molecule has 0 aliphatic heterocycles. The van der Waals surface area contributed by atoms with Crippen LogP contribution in [0.25, 0.3) is 0 Å². The van der Waals surface area contributed by atoms with Crippen LogP contribution in [0.3, 0.4) is 0 Å². The molecule has 1 aromatic carbocycles. The summed E-state index contributed by atoms with van der Waals surface area (Å²) in [4.78, 5) is 3.67. The van der Waals surface area contributed by atoms with Gasteiger partial charge in [-0.05, 0) is 28.8 Å². The van der Waals surface area contributed by atoms with Gasteiger partial charge in [0.05, 0.1) is 14.2 Å². The SMILES string of the molecule is COc1cc(OC)cc(C([O-])=Nc2nn[nH]n2)c1. The zero-order chi connectivity index (χ0) is 13.0. The summed E-state index contributed by atoms with van der Waals surface area (Å²) in [6, 6.07) is 4.76. The van der Waals surface area contributed by atoms with Gasteiger partial charge in [0, 0.05) is 6.07 Å². The van der Waals surface area contributed by atoms with E-state index in [0.717, 1.165) is 0 Å². The summed E-state index contributed by atoms with van der Waals surface area (Å²) in [5.74, 6) is 0.470. The Bertz CT molecular complexity index is 530. The van der Waals surface area contributed by atoms with Gasteiger partial charge in [-0.2, -0.15) is 5.21 Å². The molecule has 0 aliphatic rings. The lowest BCUT2D eigenvalue weighted by atomic mass is 10.2. The lowest BCUT2D eigenvalue weighted by Gasteiger charge is -2.12. The topological polar surface area (TPSA) is 108 Å². The molecule has 2 rings (SSSR count). The second-order valence-corrected chi connectivity index (χ2v) is 3.23. The number of nitrogens with one attached hydrogen (secondary N) is 1. The van der Waals surface area contributed by atoms with E-state index in [2.05, 4.69) is 25.6 Å². The predicted octanol–water partition coefficient (Wildman–Crippen LogP) is -0.345. The van der Waals surface area contributed by atoms with Crippen LogP contribution in [-0.4, -0.2) is 40.7 Å². The van der Waals surface area contributed by atoms with Crippen LogP contribution in [0.15, 0.2) is 23.2 Å². The Hall–Kier alpha value is -2.64. The Morgan fingerprint density at radius 3 is 2.39 bits per heavy atom. The number of aromatic nitrogens is 4. The molecular formula is C10H10N5O3-. The lowest BCUT2D eigenvalue weighted by molar-refractivity contribution is -0.212. The van der Waals surface area contributed by atoms with Crippen molar-refractivity contribution in [2.45, 2.75) is 0 Å². The molecular weight excluding hydrogens is 238 g/mol. The van der Waals surface area contributed by atoms with Crippen molar-refractivity contribution >= 4 is 11.8 Å². The van der Waals surface area contributed by atoms with Crippen molar-refractivity contribution in [2.24, 2.45) is 4.99 Å². The Labute approximate surface area is 102 Å².